The number of nitriles is 1. The van der Waals surface area contributed by atoms with Gasteiger partial charge in [-0.05, 0) is 37.1 Å². The number of rotatable bonds is 4. The van der Waals surface area contributed by atoms with Gasteiger partial charge in [-0.15, -0.1) is 0 Å². The van der Waals surface area contributed by atoms with Gasteiger partial charge in [0, 0.05) is 6.54 Å². The van der Waals surface area contributed by atoms with Crippen LogP contribution in [0.5, 0.6) is 0 Å². The Labute approximate surface area is 131 Å². The average Bonchev–Trinajstić information content (AvgIpc) is 3.17. The van der Waals surface area contributed by atoms with Crippen molar-refractivity contribution in [1.82, 2.24) is 15.0 Å². The molecule has 118 valence electrons. The Kier molecular flexibility index (Phi) is 4.04. The molecule has 0 unspecified atom stereocenters. The van der Waals surface area contributed by atoms with Gasteiger partial charge in [-0.25, -0.2) is 4.39 Å². The Morgan fingerprint density at radius 1 is 1.57 bits per heavy atom. The number of hydrogen-bond acceptors (Lipinski definition) is 6. The molecule has 1 aliphatic heterocycles. The molecule has 1 saturated heterocycles. The second-order valence-electron chi connectivity index (χ2n) is 5.36. The number of aromatic nitrogens is 2. The SMILES string of the molecule is N#Cc1cc(F)ccc1CN1CCC[C@H]1c1nc(C(N)=O)no1. The molecule has 23 heavy (non-hydrogen) atoms. The molecule has 0 saturated carbocycles. The Hall–Kier alpha value is -2.79. The average molecular weight is 315 g/mol. The summed E-state index contributed by atoms with van der Waals surface area (Å²) in [5, 5.41) is 12.7. The molecule has 7 nitrogen and oxygen atoms in total. The third-order valence-electron chi connectivity index (χ3n) is 3.88. The first-order valence-corrected chi connectivity index (χ1v) is 7.14. The summed E-state index contributed by atoms with van der Waals surface area (Å²) in [7, 11) is 0. The lowest BCUT2D eigenvalue weighted by Gasteiger charge is -2.21. The van der Waals surface area contributed by atoms with Crippen molar-refractivity contribution in [2.45, 2.75) is 25.4 Å². The normalized spacial score (nSPS) is 18.0. The van der Waals surface area contributed by atoms with E-state index in [4.69, 9.17) is 15.5 Å². The van der Waals surface area contributed by atoms with Gasteiger partial charge in [0.05, 0.1) is 17.7 Å². The highest BCUT2D eigenvalue weighted by Crippen LogP contribution is 2.32. The van der Waals surface area contributed by atoms with Gasteiger partial charge >= 0.3 is 0 Å². The lowest BCUT2D eigenvalue weighted by atomic mass is 10.1. The largest absolute Gasteiger partial charge is 0.363 e. The maximum atomic E-state index is 13.2. The lowest BCUT2D eigenvalue weighted by molar-refractivity contribution is 0.0987. The van der Waals surface area contributed by atoms with Crippen molar-refractivity contribution < 1.29 is 13.7 Å². The molecule has 1 aliphatic rings. The fourth-order valence-corrected chi connectivity index (χ4v) is 2.78. The van der Waals surface area contributed by atoms with E-state index >= 15 is 0 Å². The molecule has 3 rings (SSSR count). The molecule has 1 fully saturated rings. The molecule has 1 atom stereocenters. The zero-order valence-corrected chi connectivity index (χ0v) is 12.2. The number of carbonyl (C=O) groups excluding carboxylic acids is 1. The molecule has 2 aromatic rings. The summed E-state index contributed by atoms with van der Waals surface area (Å²) in [5.74, 6) is -0.996. The molecule has 8 heteroatoms. The third kappa shape index (κ3) is 3.05. The van der Waals surface area contributed by atoms with Crippen LogP contribution in [-0.2, 0) is 6.54 Å². The van der Waals surface area contributed by atoms with Gasteiger partial charge in [-0.3, -0.25) is 9.69 Å². The van der Waals surface area contributed by atoms with Gasteiger partial charge in [0.1, 0.15) is 5.82 Å². The van der Waals surface area contributed by atoms with Gasteiger partial charge in [0.15, 0.2) is 0 Å². The predicted octanol–water partition coefficient (Wildman–Crippen LogP) is 1.52. The molecule has 0 radical (unpaired) electrons. The van der Waals surface area contributed by atoms with Crippen LogP contribution in [0.15, 0.2) is 22.7 Å². The summed E-state index contributed by atoms with van der Waals surface area (Å²) < 4.78 is 18.4. The maximum Gasteiger partial charge on any atom is 0.290 e. The second kappa shape index (κ2) is 6.14. The van der Waals surface area contributed by atoms with Crippen molar-refractivity contribution in [1.29, 1.82) is 5.26 Å². The van der Waals surface area contributed by atoms with E-state index in [9.17, 15) is 9.18 Å². The first kappa shape index (κ1) is 15.1. The minimum absolute atomic E-state index is 0.146. The summed E-state index contributed by atoms with van der Waals surface area (Å²) in [6, 6.07) is 6.01. The van der Waals surface area contributed by atoms with E-state index < -0.39 is 11.7 Å². The van der Waals surface area contributed by atoms with Crippen LogP contribution in [0.1, 0.15) is 46.5 Å². The fraction of sp³-hybridized carbons (Fsp3) is 0.333. The molecule has 1 aromatic carbocycles. The minimum Gasteiger partial charge on any atom is -0.363 e. The van der Waals surface area contributed by atoms with Crippen molar-refractivity contribution in [3.05, 3.63) is 46.9 Å². The van der Waals surface area contributed by atoms with Crippen LogP contribution < -0.4 is 5.73 Å². The van der Waals surface area contributed by atoms with Crippen LogP contribution in [0.25, 0.3) is 0 Å². The van der Waals surface area contributed by atoms with Crippen molar-refractivity contribution >= 4 is 5.91 Å². The molecule has 0 spiro atoms. The molecular weight excluding hydrogens is 301 g/mol. The van der Waals surface area contributed by atoms with E-state index in [2.05, 4.69) is 15.0 Å². The Morgan fingerprint density at radius 3 is 3.09 bits per heavy atom. The molecule has 0 bridgehead atoms. The first-order chi connectivity index (χ1) is 11.1. The second-order valence-corrected chi connectivity index (χ2v) is 5.36. The zero-order chi connectivity index (χ0) is 16.4. The van der Waals surface area contributed by atoms with Crippen LogP contribution in [-0.4, -0.2) is 27.5 Å². The van der Waals surface area contributed by atoms with E-state index in [1.165, 1.54) is 12.1 Å². The lowest BCUT2D eigenvalue weighted by Crippen LogP contribution is -2.23. The number of halogens is 1. The highest BCUT2D eigenvalue weighted by molar-refractivity contribution is 5.88. The highest BCUT2D eigenvalue weighted by atomic mass is 19.1. The first-order valence-electron chi connectivity index (χ1n) is 7.14. The van der Waals surface area contributed by atoms with Crippen LogP contribution in [0.4, 0.5) is 4.39 Å². The van der Waals surface area contributed by atoms with E-state index in [-0.39, 0.29) is 11.9 Å². The Morgan fingerprint density at radius 2 is 2.39 bits per heavy atom. The quantitative estimate of drug-likeness (QED) is 0.916. The minimum atomic E-state index is -0.741. The predicted molar refractivity (Wildman–Crippen MR) is 76.3 cm³/mol. The molecule has 2 N–H and O–H groups in total. The summed E-state index contributed by atoms with van der Waals surface area (Å²) in [4.78, 5) is 17.2. The number of likely N-dealkylation sites (tertiary alicyclic amines) is 1. The summed E-state index contributed by atoms with van der Waals surface area (Å²) >= 11 is 0. The fourth-order valence-electron chi connectivity index (χ4n) is 2.78. The van der Waals surface area contributed by atoms with Crippen molar-refractivity contribution in [3.8, 4) is 6.07 Å². The number of nitrogens with two attached hydrogens (primary N) is 1. The zero-order valence-electron chi connectivity index (χ0n) is 12.2. The van der Waals surface area contributed by atoms with Gasteiger partial charge in [0.2, 0.25) is 5.89 Å². The number of benzene rings is 1. The molecular formula is C15H14FN5O2. The highest BCUT2D eigenvalue weighted by Gasteiger charge is 2.31. The van der Waals surface area contributed by atoms with Crippen LogP contribution in [0, 0.1) is 17.1 Å². The number of nitrogens with zero attached hydrogens (tertiary/aromatic N) is 4. The number of primary amides is 1. The van der Waals surface area contributed by atoms with Crippen LogP contribution in [0.3, 0.4) is 0 Å². The van der Waals surface area contributed by atoms with E-state index in [0.29, 0.717) is 18.0 Å². The smallest absolute Gasteiger partial charge is 0.290 e. The van der Waals surface area contributed by atoms with Gasteiger partial charge in [-0.1, -0.05) is 11.2 Å². The Bertz CT molecular complexity index is 782. The van der Waals surface area contributed by atoms with Crippen LogP contribution >= 0.6 is 0 Å². The van der Waals surface area contributed by atoms with Gasteiger partial charge in [-0.2, -0.15) is 10.2 Å². The topological polar surface area (TPSA) is 109 Å². The standard InChI is InChI=1S/C15H14FN5O2/c16-11-4-3-9(10(6-11)7-17)8-21-5-1-2-12(21)15-19-14(13(18)22)20-23-15/h3-4,6,12H,1-2,5,8H2,(H2,18,22)/t12-/m0/s1. The molecule has 1 amide bonds. The van der Waals surface area contributed by atoms with Crippen molar-refractivity contribution in [2.24, 2.45) is 5.73 Å². The monoisotopic (exact) mass is 315 g/mol. The van der Waals surface area contributed by atoms with Crippen molar-refractivity contribution in [3.63, 3.8) is 0 Å². The molecule has 0 aliphatic carbocycles. The summed E-state index contributed by atoms with van der Waals surface area (Å²) in [6.45, 7) is 1.24. The van der Waals surface area contributed by atoms with Gasteiger partial charge < -0.3 is 10.3 Å². The molecule has 1 aromatic heterocycles. The van der Waals surface area contributed by atoms with Gasteiger partial charge in [0.25, 0.3) is 11.7 Å². The van der Waals surface area contributed by atoms with E-state index in [0.717, 1.165) is 24.9 Å². The molecule has 2 heterocycles. The van der Waals surface area contributed by atoms with E-state index in [1.807, 2.05) is 6.07 Å². The summed E-state index contributed by atoms with van der Waals surface area (Å²) in [6.07, 6.45) is 1.71. The maximum absolute atomic E-state index is 13.2. The Balaban J connectivity index is 1.82. The summed E-state index contributed by atoms with van der Waals surface area (Å²) in [5.41, 5.74) is 6.16. The third-order valence-corrected chi connectivity index (χ3v) is 3.88. The number of amides is 1. The number of hydrogen-bond donors (Lipinski definition) is 1. The number of carbonyl (C=O) groups is 1. The van der Waals surface area contributed by atoms with Crippen molar-refractivity contribution in [2.75, 3.05) is 6.54 Å². The van der Waals surface area contributed by atoms with Crippen LogP contribution in [0.2, 0.25) is 0 Å². The van der Waals surface area contributed by atoms with E-state index in [1.54, 1.807) is 6.07 Å².